The van der Waals surface area contributed by atoms with Crippen molar-refractivity contribution in [1.82, 2.24) is 4.98 Å². The molecule has 20 heavy (non-hydrogen) atoms. The van der Waals surface area contributed by atoms with Gasteiger partial charge in [0.15, 0.2) is 5.43 Å². The number of aromatic nitrogens is 1. The Hall–Kier alpha value is -2.55. The molecule has 0 saturated carbocycles. The number of methoxy groups -OCH3 is 1. The van der Waals surface area contributed by atoms with Gasteiger partial charge in [-0.1, -0.05) is 30.3 Å². The average molecular weight is 265 g/mol. The molecular weight excluding hydrogens is 250 g/mol. The Balaban J connectivity index is 2.30. The van der Waals surface area contributed by atoms with Crippen LogP contribution in [0.15, 0.2) is 53.3 Å². The number of fused-ring (bicyclic) bond motifs is 1. The highest BCUT2D eigenvalue weighted by molar-refractivity contribution is 5.85. The van der Waals surface area contributed by atoms with Gasteiger partial charge in [-0.3, -0.25) is 4.79 Å². The average Bonchev–Trinajstić information content (AvgIpc) is 2.48. The van der Waals surface area contributed by atoms with Gasteiger partial charge in [0, 0.05) is 17.1 Å². The second kappa shape index (κ2) is 4.85. The molecule has 0 bridgehead atoms. The van der Waals surface area contributed by atoms with E-state index < -0.39 is 0 Å². The third-order valence-corrected chi connectivity index (χ3v) is 3.43. The van der Waals surface area contributed by atoms with Gasteiger partial charge < -0.3 is 9.72 Å². The first-order valence-corrected chi connectivity index (χ1v) is 6.46. The molecule has 0 fully saturated rings. The molecule has 2 aromatic carbocycles. The van der Waals surface area contributed by atoms with Crippen LogP contribution >= 0.6 is 0 Å². The van der Waals surface area contributed by atoms with Gasteiger partial charge in [-0.05, 0) is 30.2 Å². The van der Waals surface area contributed by atoms with Crippen LogP contribution in [-0.2, 0) is 0 Å². The summed E-state index contributed by atoms with van der Waals surface area (Å²) in [6.45, 7) is 1.97. The Bertz CT molecular complexity index is 820. The molecule has 3 rings (SSSR count). The lowest BCUT2D eigenvalue weighted by atomic mass is 10.1. The summed E-state index contributed by atoms with van der Waals surface area (Å²) in [5, 5.41) is 0.654. The van der Waals surface area contributed by atoms with Crippen LogP contribution in [-0.4, -0.2) is 12.1 Å². The summed E-state index contributed by atoms with van der Waals surface area (Å²) >= 11 is 0. The Morgan fingerprint density at radius 3 is 2.50 bits per heavy atom. The fourth-order valence-corrected chi connectivity index (χ4v) is 2.38. The molecule has 0 unspecified atom stereocenters. The number of nitrogens with one attached hydrogen (secondary N) is 1. The van der Waals surface area contributed by atoms with E-state index in [2.05, 4.69) is 4.98 Å². The van der Waals surface area contributed by atoms with Crippen molar-refractivity contribution in [2.24, 2.45) is 0 Å². The van der Waals surface area contributed by atoms with Crippen LogP contribution in [0.4, 0.5) is 0 Å². The lowest BCUT2D eigenvalue weighted by Crippen LogP contribution is -2.04. The summed E-state index contributed by atoms with van der Waals surface area (Å²) in [7, 11) is 1.60. The third-order valence-electron chi connectivity index (χ3n) is 3.43. The van der Waals surface area contributed by atoms with Crippen LogP contribution < -0.4 is 10.2 Å². The number of pyridine rings is 1. The van der Waals surface area contributed by atoms with Crippen LogP contribution in [0.3, 0.4) is 0 Å². The number of H-pyrrole nitrogens is 1. The van der Waals surface area contributed by atoms with Gasteiger partial charge in [0.2, 0.25) is 0 Å². The van der Waals surface area contributed by atoms with Crippen molar-refractivity contribution in [1.29, 1.82) is 0 Å². The number of aryl methyl sites for hydroxylation is 1. The number of hydrogen-bond donors (Lipinski definition) is 1. The van der Waals surface area contributed by atoms with Gasteiger partial charge in [0.1, 0.15) is 5.75 Å². The van der Waals surface area contributed by atoms with Crippen molar-refractivity contribution in [3.8, 4) is 17.0 Å². The van der Waals surface area contributed by atoms with Gasteiger partial charge in [-0.15, -0.1) is 0 Å². The minimum absolute atomic E-state index is 0.000368. The predicted molar refractivity (Wildman–Crippen MR) is 81.3 cm³/mol. The van der Waals surface area contributed by atoms with Crippen molar-refractivity contribution in [2.75, 3.05) is 7.11 Å². The van der Waals surface area contributed by atoms with Crippen molar-refractivity contribution in [3.63, 3.8) is 0 Å². The molecule has 3 nitrogen and oxygen atoms in total. The van der Waals surface area contributed by atoms with E-state index in [1.807, 2.05) is 43.3 Å². The molecule has 0 saturated heterocycles. The van der Waals surface area contributed by atoms with Gasteiger partial charge in [-0.2, -0.15) is 0 Å². The first-order valence-electron chi connectivity index (χ1n) is 6.46. The maximum absolute atomic E-state index is 12.3. The molecule has 1 N–H and O–H groups in total. The molecule has 1 heterocycles. The van der Waals surface area contributed by atoms with Gasteiger partial charge in [-0.25, -0.2) is 0 Å². The van der Waals surface area contributed by atoms with E-state index >= 15 is 0 Å². The molecule has 0 atom stereocenters. The van der Waals surface area contributed by atoms with Crippen molar-refractivity contribution < 1.29 is 4.74 Å². The summed E-state index contributed by atoms with van der Waals surface area (Å²) in [5.74, 6) is 0.702. The molecule has 100 valence electrons. The smallest absolute Gasteiger partial charge is 0.190 e. The van der Waals surface area contributed by atoms with E-state index in [-0.39, 0.29) is 5.43 Å². The largest absolute Gasteiger partial charge is 0.497 e. The highest BCUT2D eigenvalue weighted by Crippen LogP contribution is 2.24. The quantitative estimate of drug-likeness (QED) is 0.770. The van der Waals surface area contributed by atoms with E-state index in [4.69, 9.17) is 4.74 Å². The Kier molecular flexibility index (Phi) is 3.03. The normalized spacial score (nSPS) is 10.7. The van der Waals surface area contributed by atoms with E-state index in [0.717, 1.165) is 22.3 Å². The lowest BCUT2D eigenvalue weighted by Gasteiger charge is -2.09. The van der Waals surface area contributed by atoms with E-state index in [1.165, 1.54) is 0 Å². The summed E-state index contributed by atoms with van der Waals surface area (Å²) in [5.41, 5.74) is 3.68. The summed E-state index contributed by atoms with van der Waals surface area (Å²) in [6.07, 6.45) is 0. The predicted octanol–water partition coefficient (Wildman–Crippen LogP) is 3.51. The molecule has 0 spiro atoms. The summed E-state index contributed by atoms with van der Waals surface area (Å²) < 4.78 is 5.22. The zero-order chi connectivity index (χ0) is 14.1. The van der Waals surface area contributed by atoms with Crippen molar-refractivity contribution >= 4 is 10.9 Å². The zero-order valence-electron chi connectivity index (χ0n) is 11.4. The molecule has 1 aromatic heterocycles. The van der Waals surface area contributed by atoms with Crippen LogP contribution in [0.5, 0.6) is 5.75 Å². The Labute approximate surface area is 116 Å². The Morgan fingerprint density at radius 2 is 1.80 bits per heavy atom. The number of ether oxygens (including phenoxy) is 1. The maximum atomic E-state index is 12.3. The van der Waals surface area contributed by atoms with Crippen LogP contribution in [0, 0.1) is 6.92 Å². The monoisotopic (exact) mass is 265 g/mol. The van der Waals surface area contributed by atoms with Crippen molar-refractivity contribution in [2.45, 2.75) is 6.92 Å². The molecular formula is C17H15NO2. The fourth-order valence-electron chi connectivity index (χ4n) is 2.38. The Morgan fingerprint density at radius 1 is 1.05 bits per heavy atom. The van der Waals surface area contributed by atoms with E-state index in [1.54, 1.807) is 19.2 Å². The SMILES string of the molecule is COc1cc(C)c2[nH]c(-c3ccccc3)cc(=O)c2c1. The molecule has 3 heteroatoms. The molecule has 0 aliphatic carbocycles. The molecule has 0 aliphatic rings. The highest BCUT2D eigenvalue weighted by Gasteiger charge is 2.08. The first-order chi connectivity index (χ1) is 9.69. The number of rotatable bonds is 2. The van der Waals surface area contributed by atoms with E-state index in [9.17, 15) is 4.79 Å². The van der Waals surface area contributed by atoms with Crippen LogP contribution in [0.2, 0.25) is 0 Å². The van der Waals surface area contributed by atoms with Gasteiger partial charge >= 0.3 is 0 Å². The second-order valence-corrected chi connectivity index (χ2v) is 4.78. The summed E-state index contributed by atoms with van der Waals surface area (Å²) in [6, 6.07) is 15.2. The molecule has 0 amide bonds. The maximum Gasteiger partial charge on any atom is 0.190 e. The first kappa shape index (κ1) is 12.5. The van der Waals surface area contributed by atoms with Gasteiger partial charge in [0.05, 0.1) is 12.6 Å². The van der Waals surface area contributed by atoms with Crippen LogP contribution in [0.1, 0.15) is 5.56 Å². The topological polar surface area (TPSA) is 42.1 Å². The standard InChI is InChI=1S/C17H15NO2/c1-11-8-13(20-2)9-14-16(19)10-15(18-17(11)14)12-6-4-3-5-7-12/h3-10H,1-2H3,(H,18,19). The van der Waals surface area contributed by atoms with Gasteiger partial charge in [0.25, 0.3) is 0 Å². The van der Waals surface area contributed by atoms with Crippen LogP contribution in [0.25, 0.3) is 22.2 Å². The third kappa shape index (κ3) is 2.07. The molecule has 0 aliphatic heterocycles. The zero-order valence-corrected chi connectivity index (χ0v) is 11.4. The minimum Gasteiger partial charge on any atom is -0.497 e. The number of hydrogen-bond acceptors (Lipinski definition) is 2. The van der Waals surface area contributed by atoms with Crippen molar-refractivity contribution in [3.05, 3.63) is 64.3 Å². The molecule has 0 radical (unpaired) electrons. The highest BCUT2D eigenvalue weighted by atomic mass is 16.5. The lowest BCUT2D eigenvalue weighted by molar-refractivity contribution is 0.415. The number of aromatic amines is 1. The fraction of sp³-hybridized carbons (Fsp3) is 0.118. The molecule has 3 aromatic rings. The number of benzene rings is 2. The minimum atomic E-state index is -0.000368. The second-order valence-electron chi connectivity index (χ2n) is 4.78. The van der Waals surface area contributed by atoms with E-state index in [0.29, 0.717) is 11.1 Å². The summed E-state index contributed by atoms with van der Waals surface area (Å²) in [4.78, 5) is 15.7.